The van der Waals surface area contributed by atoms with Gasteiger partial charge in [0.05, 0.1) is 6.20 Å². The standard InChI is InChI=1S/C13H16ClN3O/c1-9(15)12-5-11(14)3-4-13(12)18-8-10-6-16-17(2)7-10/h3-7,9H,8,15H2,1-2H3/t9-/m0/s1. The lowest BCUT2D eigenvalue weighted by Gasteiger charge is -2.13. The van der Waals surface area contributed by atoms with Crippen LogP contribution in [0.25, 0.3) is 0 Å². The van der Waals surface area contributed by atoms with Gasteiger partial charge in [-0.15, -0.1) is 0 Å². The first kappa shape index (κ1) is 12.9. The third-order valence-electron chi connectivity index (χ3n) is 2.62. The Balaban J connectivity index is 2.13. The summed E-state index contributed by atoms with van der Waals surface area (Å²) in [5, 5.41) is 4.75. The van der Waals surface area contributed by atoms with Crippen LogP contribution >= 0.6 is 11.6 Å². The highest BCUT2D eigenvalue weighted by Gasteiger charge is 2.09. The average molecular weight is 266 g/mol. The van der Waals surface area contributed by atoms with Crippen LogP contribution in [0.15, 0.2) is 30.6 Å². The van der Waals surface area contributed by atoms with Gasteiger partial charge in [0.25, 0.3) is 0 Å². The minimum Gasteiger partial charge on any atom is -0.488 e. The van der Waals surface area contributed by atoms with Crippen molar-refractivity contribution in [2.75, 3.05) is 0 Å². The molecule has 2 aromatic rings. The first-order valence-electron chi connectivity index (χ1n) is 5.71. The van der Waals surface area contributed by atoms with Crippen LogP contribution in [0, 0.1) is 0 Å². The number of ether oxygens (including phenoxy) is 1. The lowest BCUT2D eigenvalue weighted by molar-refractivity contribution is 0.301. The molecule has 2 rings (SSSR count). The quantitative estimate of drug-likeness (QED) is 0.925. The summed E-state index contributed by atoms with van der Waals surface area (Å²) in [5.41, 5.74) is 7.83. The molecular formula is C13H16ClN3O. The van der Waals surface area contributed by atoms with E-state index in [1.807, 2.05) is 32.3 Å². The van der Waals surface area contributed by atoms with E-state index in [2.05, 4.69) is 5.10 Å². The smallest absolute Gasteiger partial charge is 0.124 e. The van der Waals surface area contributed by atoms with E-state index in [4.69, 9.17) is 22.1 Å². The fraction of sp³-hybridized carbons (Fsp3) is 0.308. The molecule has 0 aliphatic carbocycles. The van der Waals surface area contributed by atoms with E-state index in [9.17, 15) is 0 Å². The fourth-order valence-corrected chi connectivity index (χ4v) is 1.89. The summed E-state index contributed by atoms with van der Waals surface area (Å²) in [6.45, 7) is 2.37. The third kappa shape index (κ3) is 3.03. The van der Waals surface area contributed by atoms with Crippen molar-refractivity contribution in [2.24, 2.45) is 12.8 Å². The molecule has 0 fully saturated rings. The van der Waals surface area contributed by atoms with Gasteiger partial charge in [0.15, 0.2) is 0 Å². The zero-order chi connectivity index (χ0) is 13.1. The molecule has 5 heteroatoms. The second-order valence-corrected chi connectivity index (χ2v) is 4.72. The molecule has 1 aromatic heterocycles. The van der Waals surface area contributed by atoms with Crippen LogP contribution in [-0.2, 0) is 13.7 Å². The fourth-order valence-electron chi connectivity index (χ4n) is 1.71. The van der Waals surface area contributed by atoms with E-state index in [1.54, 1.807) is 16.9 Å². The van der Waals surface area contributed by atoms with Crippen molar-refractivity contribution in [3.8, 4) is 5.75 Å². The highest BCUT2D eigenvalue weighted by molar-refractivity contribution is 6.30. The summed E-state index contributed by atoms with van der Waals surface area (Å²) in [6, 6.07) is 5.36. The van der Waals surface area contributed by atoms with Gasteiger partial charge in [0.2, 0.25) is 0 Å². The van der Waals surface area contributed by atoms with Crippen molar-refractivity contribution in [2.45, 2.75) is 19.6 Å². The molecule has 0 saturated heterocycles. The first-order valence-corrected chi connectivity index (χ1v) is 6.09. The van der Waals surface area contributed by atoms with Crippen molar-refractivity contribution in [1.29, 1.82) is 0 Å². The monoisotopic (exact) mass is 265 g/mol. The number of aryl methyl sites for hydroxylation is 1. The van der Waals surface area contributed by atoms with Crippen LogP contribution < -0.4 is 10.5 Å². The van der Waals surface area contributed by atoms with Gasteiger partial charge in [0.1, 0.15) is 12.4 Å². The van der Waals surface area contributed by atoms with Gasteiger partial charge in [0, 0.05) is 35.4 Å². The Bertz CT molecular complexity index is 537. The molecule has 1 aromatic carbocycles. The van der Waals surface area contributed by atoms with Gasteiger partial charge in [-0.25, -0.2) is 0 Å². The first-order chi connectivity index (χ1) is 8.56. The molecule has 0 saturated carbocycles. The number of rotatable bonds is 4. The van der Waals surface area contributed by atoms with Crippen LogP contribution in [0.4, 0.5) is 0 Å². The molecule has 1 atom stereocenters. The summed E-state index contributed by atoms with van der Waals surface area (Å²) in [6.07, 6.45) is 3.70. The zero-order valence-electron chi connectivity index (χ0n) is 10.4. The summed E-state index contributed by atoms with van der Waals surface area (Å²) in [7, 11) is 1.87. The van der Waals surface area contributed by atoms with Crippen LogP contribution in [0.5, 0.6) is 5.75 Å². The predicted molar refractivity (Wildman–Crippen MR) is 71.6 cm³/mol. The maximum absolute atomic E-state index is 5.96. The van der Waals surface area contributed by atoms with Crippen molar-refractivity contribution < 1.29 is 4.74 Å². The molecule has 96 valence electrons. The topological polar surface area (TPSA) is 53.1 Å². The summed E-state index contributed by atoms with van der Waals surface area (Å²) in [4.78, 5) is 0. The number of nitrogens with zero attached hydrogens (tertiary/aromatic N) is 2. The van der Waals surface area contributed by atoms with Gasteiger partial charge in [-0.1, -0.05) is 11.6 Å². The zero-order valence-corrected chi connectivity index (χ0v) is 11.2. The highest BCUT2D eigenvalue weighted by Crippen LogP contribution is 2.27. The SMILES string of the molecule is C[C@H](N)c1cc(Cl)ccc1OCc1cnn(C)c1. The normalized spacial score (nSPS) is 12.4. The second kappa shape index (κ2) is 5.42. The molecule has 4 nitrogen and oxygen atoms in total. The Kier molecular flexibility index (Phi) is 3.89. The van der Waals surface area contributed by atoms with Crippen molar-refractivity contribution in [3.05, 3.63) is 46.7 Å². The molecule has 2 N–H and O–H groups in total. The summed E-state index contributed by atoms with van der Waals surface area (Å²) in [5.74, 6) is 0.762. The number of aromatic nitrogens is 2. The minimum atomic E-state index is -0.118. The van der Waals surface area contributed by atoms with E-state index < -0.39 is 0 Å². The number of halogens is 1. The van der Waals surface area contributed by atoms with Gasteiger partial charge in [-0.2, -0.15) is 5.10 Å². The number of nitrogens with two attached hydrogens (primary N) is 1. The van der Waals surface area contributed by atoms with E-state index in [0.29, 0.717) is 11.6 Å². The summed E-state index contributed by atoms with van der Waals surface area (Å²) < 4.78 is 7.50. The molecule has 0 aliphatic heterocycles. The van der Waals surface area contributed by atoms with Crippen LogP contribution in [0.2, 0.25) is 5.02 Å². The molecule has 0 amide bonds. The van der Waals surface area contributed by atoms with Gasteiger partial charge < -0.3 is 10.5 Å². The highest BCUT2D eigenvalue weighted by atomic mass is 35.5. The van der Waals surface area contributed by atoms with Crippen molar-refractivity contribution in [1.82, 2.24) is 9.78 Å². The number of hydrogen-bond donors (Lipinski definition) is 1. The maximum Gasteiger partial charge on any atom is 0.124 e. The predicted octanol–water partition coefficient (Wildman–Crippen LogP) is 2.67. The molecule has 1 heterocycles. The number of benzene rings is 1. The Labute approximate surface area is 111 Å². The lowest BCUT2D eigenvalue weighted by atomic mass is 10.1. The summed E-state index contributed by atoms with van der Waals surface area (Å²) >= 11 is 5.96. The second-order valence-electron chi connectivity index (χ2n) is 4.28. The van der Waals surface area contributed by atoms with Crippen LogP contribution in [0.1, 0.15) is 24.1 Å². The van der Waals surface area contributed by atoms with Gasteiger partial charge in [-0.05, 0) is 25.1 Å². The molecule has 0 radical (unpaired) electrons. The molecule has 0 spiro atoms. The van der Waals surface area contributed by atoms with Crippen LogP contribution in [0.3, 0.4) is 0 Å². The van der Waals surface area contributed by atoms with E-state index >= 15 is 0 Å². The Morgan fingerprint density at radius 3 is 2.89 bits per heavy atom. The molecule has 0 bridgehead atoms. The van der Waals surface area contributed by atoms with Crippen molar-refractivity contribution in [3.63, 3.8) is 0 Å². The van der Waals surface area contributed by atoms with Crippen molar-refractivity contribution >= 4 is 11.6 Å². The van der Waals surface area contributed by atoms with Crippen LogP contribution in [-0.4, -0.2) is 9.78 Å². The lowest BCUT2D eigenvalue weighted by Crippen LogP contribution is -2.08. The number of hydrogen-bond acceptors (Lipinski definition) is 3. The Morgan fingerprint density at radius 1 is 1.50 bits per heavy atom. The minimum absolute atomic E-state index is 0.118. The molecular weight excluding hydrogens is 250 g/mol. The Hall–Kier alpha value is -1.52. The average Bonchev–Trinajstić information content (AvgIpc) is 2.73. The maximum atomic E-state index is 5.96. The van der Waals surface area contributed by atoms with E-state index in [-0.39, 0.29) is 6.04 Å². The van der Waals surface area contributed by atoms with Gasteiger partial charge in [-0.3, -0.25) is 4.68 Å². The third-order valence-corrected chi connectivity index (χ3v) is 2.85. The molecule has 0 aliphatic rings. The molecule has 18 heavy (non-hydrogen) atoms. The Morgan fingerprint density at radius 2 is 2.28 bits per heavy atom. The van der Waals surface area contributed by atoms with E-state index in [1.165, 1.54) is 0 Å². The van der Waals surface area contributed by atoms with Gasteiger partial charge >= 0.3 is 0 Å². The van der Waals surface area contributed by atoms with E-state index in [0.717, 1.165) is 16.9 Å². The molecule has 0 unspecified atom stereocenters. The largest absolute Gasteiger partial charge is 0.488 e.